The van der Waals surface area contributed by atoms with Gasteiger partial charge in [-0.25, -0.2) is 0 Å². The average Bonchev–Trinajstić information content (AvgIpc) is 2.97. The number of halogens is 6. The van der Waals surface area contributed by atoms with Gasteiger partial charge in [0.25, 0.3) is 5.82 Å². The van der Waals surface area contributed by atoms with Crippen LogP contribution in [-0.2, 0) is 23.7 Å². The molecule has 2 aromatic heterocycles. The van der Waals surface area contributed by atoms with Crippen LogP contribution in [-0.4, -0.2) is 26.9 Å². The van der Waals surface area contributed by atoms with Gasteiger partial charge in [0.2, 0.25) is 0 Å². The van der Waals surface area contributed by atoms with E-state index in [9.17, 15) is 26.3 Å². The molecular weight excluding hydrogens is 366 g/mol. The summed E-state index contributed by atoms with van der Waals surface area (Å²) >= 11 is 0. The molecule has 3 rings (SSSR count). The van der Waals surface area contributed by atoms with Gasteiger partial charge in [0.1, 0.15) is 0 Å². The van der Waals surface area contributed by atoms with Crippen LogP contribution in [0, 0.1) is 0 Å². The number of aromatic nitrogens is 4. The van der Waals surface area contributed by atoms with Crippen LogP contribution in [0.4, 0.5) is 26.3 Å². The lowest BCUT2D eigenvalue weighted by atomic mass is 10.0. The van der Waals surface area contributed by atoms with E-state index in [1.165, 1.54) is 25.3 Å². The average molecular weight is 376 g/mol. The van der Waals surface area contributed by atoms with Gasteiger partial charge in [-0.3, -0.25) is 0 Å². The molecule has 5 nitrogen and oxygen atoms in total. The molecule has 0 radical (unpaired) electrons. The van der Waals surface area contributed by atoms with E-state index >= 15 is 0 Å². The van der Waals surface area contributed by atoms with Crippen molar-refractivity contribution >= 4 is 5.65 Å². The van der Waals surface area contributed by atoms with Crippen molar-refractivity contribution in [2.45, 2.75) is 19.0 Å². The Hall–Kier alpha value is -2.69. The first-order valence-electron chi connectivity index (χ1n) is 7.10. The Morgan fingerprint density at radius 1 is 0.962 bits per heavy atom. The quantitative estimate of drug-likeness (QED) is 0.649. The first-order chi connectivity index (χ1) is 12.1. The van der Waals surface area contributed by atoms with Gasteiger partial charge in [-0.05, 0) is 29.8 Å². The summed E-state index contributed by atoms with van der Waals surface area (Å²) in [6.45, 7) is -0.314. The van der Waals surface area contributed by atoms with Crippen LogP contribution in [0.1, 0.15) is 17.0 Å². The Morgan fingerprint density at radius 2 is 1.69 bits per heavy atom. The van der Waals surface area contributed by atoms with Gasteiger partial charge in [0.15, 0.2) is 5.65 Å². The van der Waals surface area contributed by atoms with Gasteiger partial charge in [-0.2, -0.15) is 36.0 Å². The molecule has 0 fully saturated rings. The van der Waals surface area contributed by atoms with Crippen LogP contribution < -0.4 is 0 Å². The van der Waals surface area contributed by atoms with Crippen molar-refractivity contribution in [1.82, 2.24) is 19.8 Å². The summed E-state index contributed by atoms with van der Waals surface area (Å²) in [6, 6.07) is 5.75. The van der Waals surface area contributed by atoms with E-state index in [0.717, 1.165) is 12.1 Å². The molecule has 0 saturated carbocycles. The number of rotatable bonds is 3. The zero-order valence-electron chi connectivity index (χ0n) is 13.1. The van der Waals surface area contributed by atoms with Crippen LogP contribution in [0.25, 0.3) is 16.9 Å². The number of alkyl halides is 6. The minimum atomic E-state index is -4.77. The molecule has 0 N–H and O–H groups in total. The lowest BCUT2D eigenvalue weighted by molar-refractivity contribution is -0.146. The van der Waals surface area contributed by atoms with E-state index < -0.39 is 23.7 Å². The summed E-state index contributed by atoms with van der Waals surface area (Å²) in [5, 5.41) is 10.2. The minimum absolute atomic E-state index is 0.0360. The fourth-order valence-corrected chi connectivity index (χ4v) is 2.42. The molecule has 0 amide bonds. The number of ether oxygens (including phenoxy) is 1. The largest absolute Gasteiger partial charge is 0.453 e. The number of hydrogen-bond donors (Lipinski definition) is 0. The lowest BCUT2D eigenvalue weighted by Gasteiger charge is -2.14. The molecule has 0 atom stereocenters. The van der Waals surface area contributed by atoms with Crippen molar-refractivity contribution in [3.8, 4) is 11.3 Å². The Balaban J connectivity index is 2.13. The number of benzene rings is 1. The standard InChI is InChI=1S/C15H10F6N4O/c1-26-7-9-6-8(2-3-10(9)14(16,17)18)11-4-5-12-22-23-13(15(19,20)21)25(12)24-11/h2-6H,7H2,1H3. The van der Waals surface area contributed by atoms with Crippen LogP contribution in [0.3, 0.4) is 0 Å². The van der Waals surface area contributed by atoms with Gasteiger partial charge >= 0.3 is 12.4 Å². The molecule has 11 heteroatoms. The van der Waals surface area contributed by atoms with Crippen molar-refractivity contribution in [3.05, 3.63) is 47.3 Å². The van der Waals surface area contributed by atoms with Crippen molar-refractivity contribution in [2.75, 3.05) is 7.11 Å². The van der Waals surface area contributed by atoms with Crippen LogP contribution in [0.15, 0.2) is 30.3 Å². The molecule has 0 spiro atoms. The maximum atomic E-state index is 13.0. The number of fused-ring (bicyclic) bond motifs is 1. The third-order valence-electron chi connectivity index (χ3n) is 3.52. The highest BCUT2D eigenvalue weighted by Crippen LogP contribution is 2.34. The SMILES string of the molecule is COCc1cc(-c2ccc3nnc(C(F)(F)F)n3n2)ccc1C(F)(F)F. The lowest BCUT2D eigenvalue weighted by Crippen LogP contribution is -2.13. The highest BCUT2D eigenvalue weighted by Gasteiger charge is 2.38. The maximum Gasteiger partial charge on any atom is 0.453 e. The first-order valence-corrected chi connectivity index (χ1v) is 7.10. The normalized spacial score (nSPS) is 12.7. The molecule has 0 bridgehead atoms. The molecule has 3 aromatic rings. The molecule has 0 aliphatic carbocycles. The molecule has 1 aromatic carbocycles. The Labute approximate surface area is 142 Å². The van der Waals surface area contributed by atoms with Crippen LogP contribution >= 0.6 is 0 Å². The smallest absolute Gasteiger partial charge is 0.380 e. The van der Waals surface area contributed by atoms with Gasteiger partial charge in [-0.1, -0.05) is 6.07 Å². The summed E-state index contributed by atoms with van der Waals surface area (Å²) in [5.41, 5.74) is -0.934. The Morgan fingerprint density at radius 3 is 2.31 bits per heavy atom. The molecule has 26 heavy (non-hydrogen) atoms. The van der Waals surface area contributed by atoms with Crippen molar-refractivity contribution in [3.63, 3.8) is 0 Å². The van der Waals surface area contributed by atoms with E-state index in [-0.39, 0.29) is 29.1 Å². The molecule has 0 unspecified atom stereocenters. The zero-order chi connectivity index (χ0) is 19.1. The van der Waals surface area contributed by atoms with E-state index in [1.54, 1.807) is 0 Å². The van der Waals surface area contributed by atoms with Crippen molar-refractivity contribution < 1.29 is 31.1 Å². The van der Waals surface area contributed by atoms with Crippen LogP contribution in [0.2, 0.25) is 0 Å². The summed E-state index contributed by atoms with van der Waals surface area (Å²) in [4.78, 5) is 0. The predicted molar refractivity (Wildman–Crippen MR) is 76.9 cm³/mol. The molecule has 0 aliphatic heterocycles. The fourth-order valence-electron chi connectivity index (χ4n) is 2.42. The van der Waals surface area contributed by atoms with Gasteiger partial charge in [-0.15, -0.1) is 10.2 Å². The molecule has 2 heterocycles. The Bertz CT molecular complexity index is 947. The van der Waals surface area contributed by atoms with E-state index in [2.05, 4.69) is 15.3 Å². The third-order valence-corrected chi connectivity index (χ3v) is 3.52. The van der Waals surface area contributed by atoms with Gasteiger partial charge in [0, 0.05) is 12.7 Å². The highest BCUT2D eigenvalue weighted by atomic mass is 19.4. The van der Waals surface area contributed by atoms with E-state index in [0.29, 0.717) is 4.52 Å². The molecular formula is C15H10F6N4O. The van der Waals surface area contributed by atoms with Gasteiger partial charge < -0.3 is 4.74 Å². The second kappa shape index (κ2) is 6.24. The maximum absolute atomic E-state index is 13.0. The van der Waals surface area contributed by atoms with Crippen molar-refractivity contribution in [2.24, 2.45) is 0 Å². The summed E-state index contributed by atoms with van der Waals surface area (Å²) in [7, 11) is 1.24. The highest BCUT2D eigenvalue weighted by molar-refractivity contribution is 5.62. The van der Waals surface area contributed by atoms with E-state index in [4.69, 9.17) is 4.74 Å². The topological polar surface area (TPSA) is 52.3 Å². The second-order valence-corrected chi connectivity index (χ2v) is 5.31. The fraction of sp³-hybridized carbons (Fsp3) is 0.267. The number of hydrogen-bond acceptors (Lipinski definition) is 4. The monoisotopic (exact) mass is 376 g/mol. The summed E-state index contributed by atoms with van der Waals surface area (Å²) < 4.78 is 83.2. The predicted octanol–water partition coefficient (Wildman–Crippen LogP) is 3.98. The summed E-state index contributed by atoms with van der Waals surface area (Å²) in [5.74, 6) is -1.32. The van der Waals surface area contributed by atoms with E-state index in [1.807, 2.05) is 0 Å². The van der Waals surface area contributed by atoms with Crippen LogP contribution in [0.5, 0.6) is 0 Å². The number of methoxy groups -OCH3 is 1. The zero-order valence-corrected chi connectivity index (χ0v) is 13.1. The summed E-state index contributed by atoms with van der Waals surface area (Å²) in [6.07, 6.45) is -9.35. The molecule has 0 saturated heterocycles. The minimum Gasteiger partial charge on any atom is -0.380 e. The third kappa shape index (κ3) is 3.34. The Kier molecular flexibility index (Phi) is 4.34. The number of nitrogens with zero attached hydrogens (tertiary/aromatic N) is 4. The molecule has 0 aliphatic rings. The second-order valence-electron chi connectivity index (χ2n) is 5.31. The first kappa shape index (κ1) is 18.1. The van der Waals surface area contributed by atoms with Crippen molar-refractivity contribution in [1.29, 1.82) is 0 Å². The molecule has 138 valence electrons. The van der Waals surface area contributed by atoms with Gasteiger partial charge in [0.05, 0.1) is 17.9 Å².